The van der Waals surface area contributed by atoms with Gasteiger partial charge in [-0.3, -0.25) is 10.1 Å². The summed E-state index contributed by atoms with van der Waals surface area (Å²) >= 11 is 1.28. The van der Waals surface area contributed by atoms with Gasteiger partial charge in [-0.15, -0.1) is 0 Å². The van der Waals surface area contributed by atoms with Crippen LogP contribution < -0.4 is 0 Å². The summed E-state index contributed by atoms with van der Waals surface area (Å²) in [5, 5.41) is 20.6. The van der Waals surface area contributed by atoms with Crippen LogP contribution in [-0.4, -0.2) is 10.0 Å². The number of nitro benzene ring substituents is 1. The lowest BCUT2D eigenvalue weighted by atomic mass is 10.1. The van der Waals surface area contributed by atoms with Gasteiger partial charge in [0.15, 0.2) is 0 Å². The van der Waals surface area contributed by atoms with E-state index in [0.29, 0.717) is 10.5 Å². The van der Waals surface area contributed by atoms with Gasteiger partial charge in [0, 0.05) is 6.07 Å². The number of furan rings is 1. The minimum absolute atomic E-state index is 0.0102. The number of benzene rings is 1. The van der Waals surface area contributed by atoms with Crippen LogP contribution in [-0.2, 0) is 0 Å². The summed E-state index contributed by atoms with van der Waals surface area (Å²) in [7, 11) is 0. The Hall–Kier alpha value is -1.79. The van der Waals surface area contributed by atoms with Gasteiger partial charge in [-0.1, -0.05) is 17.8 Å². The molecular formula is C13H13NO4S. The highest BCUT2D eigenvalue weighted by Crippen LogP contribution is 2.37. The number of aliphatic hydroxyl groups is 1. The van der Waals surface area contributed by atoms with E-state index in [1.165, 1.54) is 17.8 Å². The average molecular weight is 279 g/mol. The molecule has 0 bridgehead atoms. The molecule has 0 spiro atoms. The zero-order valence-corrected chi connectivity index (χ0v) is 11.3. The van der Waals surface area contributed by atoms with Crippen LogP contribution in [0.25, 0.3) is 0 Å². The normalized spacial score (nSPS) is 12.4. The van der Waals surface area contributed by atoms with Crippen molar-refractivity contribution in [3.8, 4) is 0 Å². The number of aryl methyl sites for hydroxylation is 1. The first-order valence-corrected chi connectivity index (χ1v) is 6.49. The molecule has 0 aliphatic carbocycles. The Morgan fingerprint density at radius 2 is 2.11 bits per heavy atom. The van der Waals surface area contributed by atoms with E-state index in [1.54, 1.807) is 38.3 Å². The van der Waals surface area contributed by atoms with Gasteiger partial charge in [0.2, 0.25) is 0 Å². The molecule has 0 saturated heterocycles. The van der Waals surface area contributed by atoms with Gasteiger partial charge in [-0.05, 0) is 31.5 Å². The maximum atomic E-state index is 11.1. The van der Waals surface area contributed by atoms with Crippen molar-refractivity contribution in [2.24, 2.45) is 0 Å². The Morgan fingerprint density at radius 1 is 1.37 bits per heavy atom. The van der Waals surface area contributed by atoms with E-state index in [4.69, 9.17) is 4.42 Å². The van der Waals surface area contributed by atoms with Crippen molar-refractivity contribution >= 4 is 17.4 Å². The highest BCUT2D eigenvalue weighted by Gasteiger charge is 2.18. The molecule has 0 aliphatic heterocycles. The van der Waals surface area contributed by atoms with Gasteiger partial charge < -0.3 is 9.52 Å². The molecule has 1 heterocycles. The van der Waals surface area contributed by atoms with Gasteiger partial charge in [0.25, 0.3) is 5.69 Å². The van der Waals surface area contributed by atoms with Crippen molar-refractivity contribution in [3.63, 3.8) is 0 Å². The summed E-state index contributed by atoms with van der Waals surface area (Å²) in [4.78, 5) is 12.0. The molecule has 100 valence electrons. The zero-order chi connectivity index (χ0) is 14.0. The van der Waals surface area contributed by atoms with Crippen molar-refractivity contribution in [2.75, 3.05) is 0 Å². The molecule has 5 nitrogen and oxygen atoms in total. The molecule has 0 aliphatic rings. The molecule has 0 radical (unpaired) electrons. The predicted molar refractivity (Wildman–Crippen MR) is 71.3 cm³/mol. The minimum atomic E-state index is -0.728. The second-order valence-corrected chi connectivity index (χ2v) is 5.19. The van der Waals surface area contributed by atoms with Gasteiger partial charge in [-0.2, -0.15) is 0 Å². The highest BCUT2D eigenvalue weighted by atomic mass is 32.2. The molecule has 0 amide bonds. The Bertz CT molecular complexity index is 606. The third-order valence-electron chi connectivity index (χ3n) is 2.69. The monoisotopic (exact) mass is 279 g/mol. The summed E-state index contributed by atoms with van der Waals surface area (Å²) < 4.78 is 5.17. The van der Waals surface area contributed by atoms with Crippen molar-refractivity contribution in [1.82, 2.24) is 0 Å². The first kappa shape index (κ1) is 13.6. The van der Waals surface area contributed by atoms with Crippen LogP contribution in [0.15, 0.2) is 44.7 Å². The lowest BCUT2D eigenvalue weighted by molar-refractivity contribution is -0.387. The smallest absolute Gasteiger partial charge is 0.283 e. The average Bonchev–Trinajstić information content (AvgIpc) is 2.75. The lowest BCUT2D eigenvalue weighted by Gasteiger charge is -2.07. The van der Waals surface area contributed by atoms with E-state index in [2.05, 4.69) is 0 Å². The number of nitrogens with zero attached hydrogens (tertiary/aromatic N) is 1. The molecule has 0 fully saturated rings. The van der Waals surface area contributed by atoms with Crippen LogP contribution in [0.3, 0.4) is 0 Å². The van der Waals surface area contributed by atoms with Crippen LogP contribution in [0, 0.1) is 17.0 Å². The second-order valence-electron chi connectivity index (χ2n) is 4.10. The highest BCUT2D eigenvalue weighted by molar-refractivity contribution is 7.99. The number of hydrogen-bond donors (Lipinski definition) is 1. The lowest BCUT2D eigenvalue weighted by Crippen LogP contribution is -1.96. The quantitative estimate of drug-likeness (QED) is 0.682. The maximum absolute atomic E-state index is 11.1. The Labute approximate surface area is 114 Å². The molecular weight excluding hydrogens is 266 g/mol. The Balaban J connectivity index is 2.40. The summed E-state index contributed by atoms with van der Waals surface area (Å²) in [6, 6.07) is 6.52. The minimum Gasteiger partial charge on any atom is -0.468 e. The molecule has 1 aromatic carbocycles. The molecule has 19 heavy (non-hydrogen) atoms. The topological polar surface area (TPSA) is 76.5 Å². The molecule has 0 unspecified atom stereocenters. The fourth-order valence-corrected chi connectivity index (χ4v) is 2.55. The molecule has 0 saturated carbocycles. The van der Waals surface area contributed by atoms with E-state index in [0.717, 1.165) is 10.7 Å². The first-order chi connectivity index (χ1) is 8.99. The van der Waals surface area contributed by atoms with E-state index in [9.17, 15) is 15.2 Å². The van der Waals surface area contributed by atoms with Crippen LogP contribution in [0.1, 0.15) is 24.4 Å². The summed E-state index contributed by atoms with van der Waals surface area (Å²) in [5.74, 6) is 0.721. The van der Waals surface area contributed by atoms with Crippen molar-refractivity contribution < 1.29 is 14.4 Å². The van der Waals surface area contributed by atoms with E-state index < -0.39 is 11.0 Å². The third-order valence-corrected chi connectivity index (χ3v) is 3.90. The SMILES string of the molecule is Cc1occc1Sc1ccc([C@H](C)O)cc1[N+](=O)[O-]. The molecule has 6 heteroatoms. The summed E-state index contributed by atoms with van der Waals surface area (Å²) in [6.45, 7) is 3.38. The molecule has 1 N–H and O–H groups in total. The standard InChI is InChI=1S/C13H13NO4S/c1-8(15)10-3-4-13(11(7-10)14(16)17)19-12-5-6-18-9(12)2/h3-8,15H,1-2H3/t8-/m0/s1. The van der Waals surface area contributed by atoms with Crippen LogP contribution in [0.5, 0.6) is 0 Å². The fourth-order valence-electron chi connectivity index (χ4n) is 1.62. The molecule has 1 atom stereocenters. The van der Waals surface area contributed by atoms with Crippen molar-refractivity contribution in [2.45, 2.75) is 29.7 Å². The van der Waals surface area contributed by atoms with E-state index in [1.807, 2.05) is 0 Å². The maximum Gasteiger partial charge on any atom is 0.283 e. The number of hydrogen-bond acceptors (Lipinski definition) is 5. The molecule has 2 rings (SSSR count). The van der Waals surface area contributed by atoms with Gasteiger partial charge >= 0.3 is 0 Å². The van der Waals surface area contributed by atoms with Gasteiger partial charge in [-0.25, -0.2) is 0 Å². The molecule has 2 aromatic rings. The van der Waals surface area contributed by atoms with Crippen molar-refractivity contribution in [1.29, 1.82) is 0 Å². The van der Waals surface area contributed by atoms with Crippen molar-refractivity contribution in [3.05, 3.63) is 52.0 Å². The van der Waals surface area contributed by atoms with Crippen LogP contribution >= 0.6 is 11.8 Å². The Kier molecular flexibility index (Phi) is 3.92. The van der Waals surface area contributed by atoms with Gasteiger partial charge in [0.05, 0.1) is 27.1 Å². The summed E-state index contributed by atoms with van der Waals surface area (Å²) in [6.07, 6.45) is 0.821. The largest absolute Gasteiger partial charge is 0.468 e. The number of nitro groups is 1. The zero-order valence-electron chi connectivity index (χ0n) is 10.5. The third kappa shape index (κ3) is 2.97. The van der Waals surface area contributed by atoms with Gasteiger partial charge in [0.1, 0.15) is 5.76 Å². The fraction of sp³-hybridized carbons (Fsp3) is 0.231. The number of aliphatic hydroxyl groups excluding tert-OH is 1. The number of rotatable bonds is 4. The summed E-state index contributed by atoms with van der Waals surface area (Å²) in [5.41, 5.74) is 0.518. The van der Waals surface area contributed by atoms with E-state index in [-0.39, 0.29) is 5.69 Å². The molecule has 1 aromatic heterocycles. The second kappa shape index (κ2) is 5.46. The van der Waals surface area contributed by atoms with Crippen LogP contribution in [0.2, 0.25) is 0 Å². The van der Waals surface area contributed by atoms with Crippen LogP contribution in [0.4, 0.5) is 5.69 Å². The Morgan fingerprint density at radius 3 is 2.63 bits per heavy atom. The predicted octanol–water partition coefficient (Wildman–Crippen LogP) is 3.70. The first-order valence-electron chi connectivity index (χ1n) is 5.67. The van der Waals surface area contributed by atoms with E-state index >= 15 is 0 Å².